The van der Waals surface area contributed by atoms with Crippen LogP contribution in [-0.4, -0.2) is 36.7 Å². The third-order valence-corrected chi connectivity index (χ3v) is 2.92. The van der Waals surface area contributed by atoms with Crippen molar-refractivity contribution >= 4 is 11.8 Å². The first-order chi connectivity index (χ1) is 11.6. The number of hydrogen-bond acceptors (Lipinski definition) is 5. The highest BCUT2D eigenvalue weighted by atomic mass is 16.5. The number of amides is 2. The number of carbonyl (C=O) groups excluding carboxylic acids is 2. The zero-order valence-corrected chi connectivity index (χ0v) is 12.9. The molecular weight excluding hydrogens is 312 g/mol. The van der Waals surface area contributed by atoms with Crippen LogP contribution in [0.1, 0.15) is 10.4 Å². The molecule has 0 aromatic heterocycles. The van der Waals surface area contributed by atoms with Crippen molar-refractivity contribution in [1.29, 1.82) is 0 Å². The summed E-state index contributed by atoms with van der Waals surface area (Å²) in [7, 11) is 0. The summed E-state index contributed by atoms with van der Waals surface area (Å²) in [5.41, 5.74) is 4.80. The van der Waals surface area contributed by atoms with Crippen LogP contribution in [0.5, 0.6) is 11.5 Å². The Morgan fingerprint density at radius 1 is 0.917 bits per heavy atom. The molecule has 0 aliphatic carbocycles. The van der Waals surface area contributed by atoms with Gasteiger partial charge in [-0.1, -0.05) is 18.2 Å². The van der Waals surface area contributed by atoms with Gasteiger partial charge >= 0.3 is 0 Å². The third-order valence-electron chi connectivity index (χ3n) is 2.92. The van der Waals surface area contributed by atoms with Crippen LogP contribution in [0, 0.1) is 0 Å². The average Bonchev–Trinajstić information content (AvgIpc) is 2.61. The highest BCUT2D eigenvalue weighted by Gasteiger charge is 2.07. The predicted octanol–water partition coefficient (Wildman–Crippen LogP) is 1.25. The second-order valence-electron chi connectivity index (χ2n) is 4.76. The number of aromatic hydroxyl groups is 1. The molecular formula is C17H18N2O5. The van der Waals surface area contributed by atoms with Crippen molar-refractivity contribution in [3.05, 3.63) is 60.2 Å². The molecule has 2 amide bonds. The number of hydrogen-bond donors (Lipinski definition) is 3. The van der Waals surface area contributed by atoms with Gasteiger partial charge in [-0.3, -0.25) is 20.4 Å². The molecule has 0 radical (unpaired) electrons. The predicted molar refractivity (Wildman–Crippen MR) is 86.5 cm³/mol. The van der Waals surface area contributed by atoms with Gasteiger partial charge in [-0.05, 0) is 36.4 Å². The van der Waals surface area contributed by atoms with E-state index in [2.05, 4.69) is 10.9 Å². The number of benzene rings is 2. The van der Waals surface area contributed by atoms with Crippen LogP contribution in [0.3, 0.4) is 0 Å². The van der Waals surface area contributed by atoms with Crippen molar-refractivity contribution in [2.75, 3.05) is 19.8 Å². The zero-order valence-electron chi connectivity index (χ0n) is 12.9. The van der Waals surface area contributed by atoms with Gasteiger partial charge in [-0.25, -0.2) is 0 Å². The maximum Gasteiger partial charge on any atom is 0.269 e. The van der Waals surface area contributed by atoms with Crippen LogP contribution < -0.4 is 15.6 Å². The van der Waals surface area contributed by atoms with Crippen molar-refractivity contribution in [2.24, 2.45) is 0 Å². The number of carbonyl (C=O) groups is 2. The van der Waals surface area contributed by atoms with Crippen LogP contribution in [0.15, 0.2) is 54.6 Å². The monoisotopic (exact) mass is 330 g/mol. The highest BCUT2D eigenvalue weighted by molar-refractivity contribution is 5.95. The molecule has 7 nitrogen and oxygen atoms in total. The van der Waals surface area contributed by atoms with E-state index in [1.54, 1.807) is 0 Å². The zero-order chi connectivity index (χ0) is 17.2. The van der Waals surface area contributed by atoms with Crippen LogP contribution in [0.4, 0.5) is 0 Å². The van der Waals surface area contributed by atoms with E-state index in [-0.39, 0.29) is 19.0 Å². The molecule has 2 aromatic rings. The van der Waals surface area contributed by atoms with Crippen molar-refractivity contribution in [1.82, 2.24) is 10.9 Å². The number of phenolic OH excluding ortho intramolecular Hbond substituents is 1. The lowest BCUT2D eigenvalue weighted by Gasteiger charge is -2.09. The molecule has 0 saturated heterocycles. The minimum absolute atomic E-state index is 0.0571. The van der Waals surface area contributed by atoms with Crippen LogP contribution in [0.25, 0.3) is 0 Å². The van der Waals surface area contributed by atoms with Crippen molar-refractivity contribution < 1.29 is 24.2 Å². The van der Waals surface area contributed by atoms with Gasteiger partial charge in [0.05, 0.1) is 6.61 Å². The van der Waals surface area contributed by atoms with Gasteiger partial charge in [0, 0.05) is 5.56 Å². The summed E-state index contributed by atoms with van der Waals surface area (Å²) in [6.45, 7) is 0.361. The largest absolute Gasteiger partial charge is 0.508 e. The molecule has 0 aliphatic heterocycles. The molecule has 0 spiro atoms. The fourth-order valence-electron chi connectivity index (χ4n) is 1.75. The Hall–Kier alpha value is -3.06. The number of phenols is 1. The molecule has 0 unspecified atom stereocenters. The fourth-order valence-corrected chi connectivity index (χ4v) is 1.75. The second kappa shape index (κ2) is 9.16. The van der Waals surface area contributed by atoms with E-state index < -0.39 is 11.8 Å². The Balaban J connectivity index is 1.58. The molecule has 0 saturated carbocycles. The SMILES string of the molecule is O=C(COCCOc1ccccc1)NNC(=O)c1ccc(O)cc1. The first-order valence-electron chi connectivity index (χ1n) is 7.29. The van der Waals surface area contributed by atoms with E-state index in [9.17, 15) is 9.59 Å². The van der Waals surface area contributed by atoms with Crippen LogP contribution in [0.2, 0.25) is 0 Å². The van der Waals surface area contributed by atoms with Gasteiger partial charge < -0.3 is 14.6 Å². The topological polar surface area (TPSA) is 96.9 Å². The summed E-state index contributed by atoms with van der Waals surface area (Å²) in [6.07, 6.45) is 0. The van der Waals surface area contributed by atoms with E-state index in [0.29, 0.717) is 12.2 Å². The summed E-state index contributed by atoms with van der Waals surface area (Å²) in [5.74, 6) is -0.189. The molecule has 3 N–H and O–H groups in total. The summed E-state index contributed by atoms with van der Waals surface area (Å²) in [4.78, 5) is 23.3. The number of ether oxygens (including phenoxy) is 2. The van der Waals surface area contributed by atoms with Crippen LogP contribution >= 0.6 is 0 Å². The second-order valence-corrected chi connectivity index (χ2v) is 4.76. The van der Waals surface area contributed by atoms with Gasteiger partial charge in [0.2, 0.25) is 0 Å². The normalized spacial score (nSPS) is 10.0. The Kier molecular flexibility index (Phi) is 6.60. The maximum atomic E-state index is 11.7. The number of hydrazine groups is 1. The highest BCUT2D eigenvalue weighted by Crippen LogP contribution is 2.09. The van der Waals surface area contributed by atoms with E-state index >= 15 is 0 Å². The summed E-state index contributed by atoms with van der Waals surface area (Å²) < 4.78 is 10.6. The first-order valence-corrected chi connectivity index (χ1v) is 7.29. The van der Waals surface area contributed by atoms with E-state index in [0.717, 1.165) is 5.75 Å². The Morgan fingerprint density at radius 2 is 1.62 bits per heavy atom. The molecule has 126 valence electrons. The lowest BCUT2D eigenvalue weighted by atomic mass is 10.2. The van der Waals surface area contributed by atoms with Gasteiger partial charge in [-0.2, -0.15) is 0 Å². The molecule has 0 bridgehead atoms. The maximum absolute atomic E-state index is 11.7. The Bertz CT molecular complexity index is 658. The fraction of sp³-hybridized carbons (Fsp3) is 0.176. The van der Waals surface area contributed by atoms with Gasteiger partial charge in [0.15, 0.2) is 0 Å². The van der Waals surface area contributed by atoms with E-state index in [1.165, 1.54) is 24.3 Å². The van der Waals surface area contributed by atoms with E-state index in [1.807, 2.05) is 30.3 Å². The molecule has 0 aliphatic rings. The third kappa shape index (κ3) is 5.98. The molecule has 0 fully saturated rings. The quantitative estimate of drug-likeness (QED) is 0.524. The Morgan fingerprint density at radius 3 is 2.33 bits per heavy atom. The number of rotatable bonds is 7. The molecule has 2 aromatic carbocycles. The lowest BCUT2D eigenvalue weighted by molar-refractivity contribution is -0.126. The summed E-state index contributed by atoms with van der Waals surface area (Å²) in [6, 6.07) is 14.9. The average molecular weight is 330 g/mol. The molecule has 0 atom stereocenters. The first kappa shape index (κ1) is 17.3. The number of para-hydroxylation sites is 1. The van der Waals surface area contributed by atoms with Crippen LogP contribution in [-0.2, 0) is 9.53 Å². The summed E-state index contributed by atoms with van der Waals surface area (Å²) in [5, 5.41) is 9.14. The minimum atomic E-state index is -0.490. The van der Waals surface area contributed by atoms with Gasteiger partial charge in [-0.15, -0.1) is 0 Å². The standard InChI is InChI=1S/C17H18N2O5/c20-14-8-6-13(7-9-14)17(22)19-18-16(21)12-23-10-11-24-15-4-2-1-3-5-15/h1-9,20H,10-12H2,(H,18,21)(H,19,22). The van der Waals surface area contributed by atoms with Crippen molar-refractivity contribution in [3.63, 3.8) is 0 Å². The lowest BCUT2D eigenvalue weighted by Crippen LogP contribution is -2.43. The van der Waals surface area contributed by atoms with Crippen molar-refractivity contribution in [2.45, 2.75) is 0 Å². The smallest absolute Gasteiger partial charge is 0.269 e. The minimum Gasteiger partial charge on any atom is -0.508 e. The summed E-state index contributed by atoms with van der Waals surface area (Å²) >= 11 is 0. The van der Waals surface area contributed by atoms with Gasteiger partial charge in [0.1, 0.15) is 24.7 Å². The molecule has 24 heavy (non-hydrogen) atoms. The van der Waals surface area contributed by atoms with Gasteiger partial charge in [0.25, 0.3) is 11.8 Å². The van der Waals surface area contributed by atoms with Crippen molar-refractivity contribution in [3.8, 4) is 11.5 Å². The molecule has 0 heterocycles. The van der Waals surface area contributed by atoms with E-state index in [4.69, 9.17) is 14.6 Å². The number of nitrogens with one attached hydrogen (secondary N) is 2. The Labute approximate surface area is 139 Å². The molecule has 7 heteroatoms. The molecule has 2 rings (SSSR count).